The first-order chi connectivity index (χ1) is 14.5. The number of fused-ring (bicyclic) bond motifs is 1. The molecule has 0 N–H and O–H groups in total. The molecule has 3 heterocycles. The van der Waals surface area contributed by atoms with Gasteiger partial charge in [0.2, 0.25) is 5.28 Å². The zero-order valence-electron chi connectivity index (χ0n) is 17.6. The third-order valence-corrected chi connectivity index (χ3v) is 6.84. The van der Waals surface area contributed by atoms with Crippen molar-refractivity contribution < 1.29 is 9.53 Å². The molecular formula is C23H26ClN3O2S. The number of carbonyl (C=O) groups excluding carboxylic acids is 1. The van der Waals surface area contributed by atoms with Gasteiger partial charge in [-0.2, -0.15) is 4.98 Å². The van der Waals surface area contributed by atoms with Gasteiger partial charge in [-0.15, -0.1) is 11.3 Å². The summed E-state index contributed by atoms with van der Waals surface area (Å²) in [4.78, 5) is 25.7. The number of rotatable bonds is 5. The first kappa shape index (κ1) is 21.1. The maximum Gasteiger partial charge on any atom is 0.310 e. The quantitative estimate of drug-likeness (QED) is 0.376. The predicted octanol–water partition coefficient (Wildman–Crippen LogP) is 5.66. The minimum absolute atomic E-state index is 0.129. The van der Waals surface area contributed by atoms with Crippen molar-refractivity contribution in [2.24, 2.45) is 5.92 Å². The van der Waals surface area contributed by atoms with Crippen LogP contribution in [0.25, 0.3) is 21.3 Å². The molecule has 158 valence electrons. The van der Waals surface area contributed by atoms with E-state index in [2.05, 4.69) is 53.0 Å². The number of piperidine rings is 1. The Morgan fingerprint density at radius 2 is 2.03 bits per heavy atom. The monoisotopic (exact) mass is 443 g/mol. The number of anilines is 1. The molecule has 3 aromatic rings. The Balaban J connectivity index is 1.80. The van der Waals surface area contributed by atoms with E-state index in [1.54, 1.807) is 11.3 Å². The van der Waals surface area contributed by atoms with Crippen molar-refractivity contribution in [2.75, 3.05) is 24.6 Å². The zero-order chi connectivity index (χ0) is 21.3. The Labute approximate surface area is 186 Å². The number of hydrogen-bond donors (Lipinski definition) is 0. The van der Waals surface area contributed by atoms with E-state index < -0.39 is 0 Å². The largest absolute Gasteiger partial charge is 0.466 e. The van der Waals surface area contributed by atoms with Crippen LogP contribution in [0.2, 0.25) is 5.28 Å². The van der Waals surface area contributed by atoms with Gasteiger partial charge in [-0.1, -0.05) is 31.2 Å². The Bertz CT molecular complexity index is 1060. The molecule has 7 heteroatoms. The highest BCUT2D eigenvalue weighted by Crippen LogP contribution is 2.43. The summed E-state index contributed by atoms with van der Waals surface area (Å²) in [6.07, 6.45) is 2.76. The van der Waals surface area contributed by atoms with E-state index in [4.69, 9.17) is 16.3 Å². The lowest BCUT2D eigenvalue weighted by Crippen LogP contribution is -2.40. The van der Waals surface area contributed by atoms with Crippen LogP contribution in [0.15, 0.2) is 24.3 Å². The number of ether oxygens (including phenoxy) is 1. The number of aromatic nitrogens is 2. The highest BCUT2D eigenvalue weighted by Gasteiger charge is 2.30. The fraction of sp³-hybridized carbons (Fsp3) is 0.435. The summed E-state index contributed by atoms with van der Waals surface area (Å²) in [5.74, 6) is 0.544. The lowest BCUT2D eigenvalue weighted by atomic mass is 9.97. The summed E-state index contributed by atoms with van der Waals surface area (Å²) in [7, 11) is 0. The molecule has 1 aliphatic rings. The number of halogens is 1. The number of esters is 1. The lowest BCUT2D eigenvalue weighted by molar-refractivity contribution is -0.148. The smallest absolute Gasteiger partial charge is 0.310 e. The van der Waals surface area contributed by atoms with Gasteiger partial charge in [-0.25, -0.2) is 4.98 Å². The molecule has 1 aliphatic heterocycles. The summed E-state index contributed by atoms with van der Waals surface area (Å²) in [5, 5.41) is 1.26. The van der Waals surface area contributed by atoms with Crippen LogP contribution >= 0.6 is 22.9 Å². The minimum Gasteiger partial charge on any atom is -0.466 e. The average molecular weight is 444 g/mol. The van der Waals surface area contributed by atoms with Crippen LogP contribution in [0.3, 0.4) is 0 Å². The Morgan fingerprint density at radius 1 is 1.27 bits per heavy atom. The first-order valence-corrected chi connectivity index (χ1v) is 11.7. The summed E-state index contributed by atoms with van der Waals surface area (Å²) in [6, 6.07) is 8.69. The Morgan fingerprint density at radius 3 is 2.73 bits per heavy atom. The summed E-state index contributed by atoms with van der Waals surface area (Å²) in [6.45, 7) is 7.94. The second-order valence-corrected chi connectivity index (χ2v) is 9.16. The minimum atomic E-state index is -0.144. The van der Waals surface area contributed by atoms with Crippen molar-refractivity contribution >= 4 is 44.9 Å². The van der Waals surface area contributed by atoms with Crippen LogP contribution in [-0.4, -0.2) is 35.6 Å². The van der Waals surface area contributed by atoms with Crippen molar-refractivity contribution in [3.63, 3.8) is 0 Å². The molecule has 0 saturated carbocycles. The number of hydrogen-bond acceptors (Lipinski definition) is 6. The van der Waals surface area contributed by atoms with Gasteiger partial charge in [-0.3, -0.25) is 4.79 Å². The van der Waals surface area contributed by atoms with E-state index in [9.17, 15) is 4.79 Å². The van der Waals surface area contributed by atoms with Gasteiger partial charge in [0.25, 0.3) is 0 Å². The maximum absolute atomic E-state index is 12.4. The van der Waals surface area contributed by atoms with Crippen LogP contribution in [0.1, 0.15) is 37.1 Å². The van der Waals surface area contributed by atoms with Crippen LogP contribution in [0.4, 0.5) is 5.82 Å². The van der Waals surface area contributed by atoms with E-state index in [-0.39, 0.29) is 17.2 Å². The molecule has 1 fully saturated rings. The summed E-state index contributed by atoms with van der Waals surface area (Å²) in [5.41, 5.74) is 3.62. The van der Waals surface area contributed by atoms with Crippen molar-refractivity contribution in [3.05, 3.63) is 40.0 Å². The predicted molar refractivity (Wildman–Crippen MR) is 124 cm³/mol. The van der Waals surface area contributed by atoms with E-state index in [0.29, 0.717) is 13.2 Å². The highest BCUT2D eigenvalue weighted by molar-refractivity contribution is 7.19. The van der Waals surface area contributed by atoms with Gasteiger partial charge in [-0.05, 0) is 55.8 Å². The summed E-state index contributed by atoms with van der Waals surface area (Å²) >= 11 is 7.94. The van der Waals surface area contributed by atoms with Crippen molar-refractivity contribution in [2.45, 2.75) is 40.0 Å². The van der Waals surface area contributed by atoms with Crippen molar-refractivity contribution in [3.8, 4) is 11.1 Å². The normalized spacial score (nSPS) is 16.8. The van der Waals surface area contributed by atoms with Gasteiger partial charge in [0.05, 0.1) is 17.9 Å². The standard InChI is InChI=1S/C23H26ClN3O2S/c1-4-15-8-10-16(11-9-15)18-14(3)30-21-19(18)20(25-23(24)26-21)27-12-6-7-17(13-27)22(28)29-5-2/h8-11,17H,4-7,12-13H2,1-3H3. The number of nitrogens with zero attached hydrogens (tertiary/aromatic N) is 3. The molecule has 5 nitrogen and oxygen atoms in total. The van der Waals surface area contributed by atoms with E-state index in [1.807, 2.05) is 6.92 Å². The van der Waals surface area contributed by atoms with E-state index in [1.165, 1.54) is 10.4 Å². The van der Waals surface area contributed by atoms with Gasteiger partial charge >= 0.3 is 5.97 Å². The summed E-state index contributed by atoms with van der Waals surface area (Å²) < 4.78 is 5.27. The van der Waals surface area contributed by atoms with Crippen LogP contribution in [0.5, 0.6) is 0 Å². The van der Waals surface area contributed by atoms with Gasteiger partial charge < -0.3 is 9.64 Å². The molecule has 1 aromatic carbocycles. The maximum atomic E-state index is 12.4. The fourth-order valence-corrected chi connectivity index (χ4v) is 5.43. The molecular weight excluding hydrogens is 418 g/mol. The molecule has 1 atom stereocenters. The van der Waals surface area contributed by atoms with Crippen LogP contribution in [-0.2, 0) is 16.0 Å². The second-order valence-electron chi connectivity index (χ2n) is 7.62. The van der Waals surface area contributed by atoms with Crippen molar-refractivity contribution in [1.29, 1.82) is 0 Å². The Kier molecular flexibility index (Phi) is 6.25. The number of thiophene rings is 1. The van der Waals surface area contributed by atoms with E-state index >= 15 is 0 Å². The molecule has 2 aromatic heterocycles. The lowest BCUT2D eigenvalue weighted by Gasteiger charge is -2.33. The number of benzene rings is 1. The molecule has 0 bridgehead atoms. The molecule has 0 radical (unpaired) electrons. The molecule has 0 amide bonds. The van der Waals surface area contributed by atoms with Gasteiger partial charge in [0.1, 0.15) is 10.6 Å². The van der Waals surface area contributed by atoms with E-state index in [0.717, 1.165) is 53.0 Å². The molecule has 0 spiro atoms. The van der Waals surface area contributed by atoms with Gasteiger partial charge in [0, 0.05) is 23.5 Å². The molecule has 0 aliphatic carbocycles. The molecule has 4 rings (SSSR count). The number of carbonyl (C=O) groups is 1. The second kappa shape index (κ2) is 8.90. The molecule has 30 heavy (non-hydrogen) atoms. The third-order valence-electron chi connectivity index (χ3n) is 5.67. The molecule has 1 unspecified atom stereocenters. The van der Waals surface area contributed by atoms with Crippen LogP contribution in [0, 0.1) is 12.8 Å². The fourth-order valence-electron chi connectivity index (χ4n) is 4.17. The highest BCUT2D eigenvalue weighted by atomic mass is 35.5. The first-order valence-electron chi connectivity index (χ1n) is 10.5. The molecule has 1 saturated heterocycles. The number of aryl methyl sites for hydroxylation is 2. The van der Waals surface area contributed by atoms with Crippen molar-refractivity contribution in [1.82, 2.24) is 9.97 Å². The average Bonchev–Trinajstić information content (AvgIpc) is 3.08. The SMILES string of the molecule is CCOC(=O)C1CCCN(c2nc(Cl)nc3sc(C)c(-c4ccc(CC)cc4)c23)C1. The zero-order valence-corrected chi connectivity index (χ0v) is 19.1. The topological polar surface area (TPSA) is 55.3 Å². The van der Waals surface area contributed by atoms with Crippen LogP contribution < -0.4 is 4.90 Å². The van der Waals surface area contributed by atoms with Gasteiger partial charge in [0.15, 0.2) is 0 Å². The third kappa shape index (κ3) is 4.03. The Hall–Kier alpha value is -2.18.